The standard InChI is InChI=1S/C28H22O4/c29-27(31-23-14-6-2-7-15-23)25-18-10-13-22(20-19-21-11-4-1-5-12-21)26(25)28(30)32-24-16-8-3-9-17-24/h1-18H,19-20H2. The van der Waals surface area contributed by atoms with Crippen LogP contribution in [-0.2, 0) is 12.8 Å². The Balaban J connectivity index is 1.66. The summed E-state index contributed by atoms with van der Waals surface area (Å²) in [5.41, 5.74) is 2.29. The SMILES string of the molecule is O=C(Oc1ccccc1)c1cccc(CCc2ccccc2)c1C(=O)Oc1ccccc1. The van der Waals surface area contributed by atoms with Gasteiger partial charge < -0.3 is 9.47 Å². The summed E-state index contributed by atoms with van der Waals surface area (Å²) in [4.78, 5) is 26.2. The monoisotopic (exact) mass is 422 g/mol. The number of para-hydroxylation sites is 2. The molecule has 0 bridgehead atoms. The van der Waals surface area contributed by atoms with Crippen LogP contribution in [0.5, 0.6) is 11.5 Å². The maximum Gasteiger partial charge on any atom is 0.344 e. The summed E-state index contributed by atoms with van der Waals surface area (Å²) in [6.45, 7) is 0. The van der Waals surface area contributed by atoms with Crippen LogP contribution in [0.25, 0.3) is 0 Å². The van der Waals surface area contributed by atoms with Gasteiger partial charge in [-0.1, -0.05) is 78.9 Å². The normalized spacial score (nSPS) is 10.4. The Morgan fingerprint density at radius 2 is 1.06 bits per heavy atom. The largest absolute Gasteiger partial charge is 0.423 e. The summed E-state index contributed by atoms with van der Waals surface area (Å²) >= 11 is 0. The van der Waals surface area contributed by atoms with E-state index in [0.717, 1.165) is 17.5 Å². The Bertz CT molecular complexity index is 1190. The van der Waals surface area contributed by atoms with Crippen LogP contribution in [0.3, 0.4) is 0 Å². The third-order valence-electron chi connectivity index (χ3n) is 5.01. The number of esters is 2. The number of hydrogen-bond donors (Lipinski definition) is 0. The second-order valence-electron chi connectivity index (χ2n) is 7.23. The summed E-state index contributed by atoms with van der Waals surface area (Å²) < 4.78 is 11.1. The summed E-state index contributed by atoms with van der Waals surface area (Å²) in [6, 6.07) is 32.8. The smallest absolute Gasteiger partial charge is 0.344 e. The van der Waals surface area contributed by atoms with E-state index in [1.807, 2.05) is 48.5 Å². The first-order valence-corrected chi connectivity index (χ1v) is 10.4. The van der Waals surface area contributed by atoms with E-state index in [0.29, 0.717) is 17.9 Å². The molecule has 0 amide bonds. The second-order valence-corrected chi connectivity index (χ2v) is 7.23. The van der Waals surface area contributed by atoms with Crippen molar-refractivity contribution in [2.75, 3.05) is 0 Å². The molecule has 4 aromatic carbocycles. The minimum Gasteiger partial charge on any atom is -0.423 e. The van der Waals surface area contributed by atoms with Crippen molar-refractivity contribution in [3.63, 3.8) is 0 Å². The van der Waals surface area contributed by atoms with Crippen molar-refractivity contribution in [2.24, 2.45) is 0 Å². The van der Waals surface area contributed by atoms with Crippen LogP contribution in [-0.4, -0.2) is 11.9 Å². The predicted molar refractivity (Wildman–Crippen MR) is 123 cm³/mol. The minimum atomic E-state index is -0.599. The number of rotatable bonds is 7. The average molecular weight is 422 g/mol. The van der Waals surface area contributed by atoms with Crippen molar-refractivity contribution >= 4 is 11.9 Å². The molecule has 0 saturated heterocycles. The van der Waals surface area contributed by atoms with Crippen LogP contribution in [0.1, 0.15) is 31.8 Å². The fraction of sp³-hybridized carbons (Fsp3) is 0.0714. The maximum atomic E-state index is 13.2. The molecule has 4 aromatic rings. The topological polar surface area (TPSA) is 52.6 Å². The number of carbonyl (C=O) groups is 2. The third-order valence-corrected chi connectivity index (χ3v) is 5.01. The lowest BCUT2D eigenvalue weighted by molar-refractivity contribution is 0.0691. The van der Waals surface area contributed by atoms with E-state index in [9.17, 15) is 9.59 Å². The summed E-state index contributed by atoms with van der Waals surface area (Å²) in [6.07, 6.45) is 1.30. The molecule has 0 atom stereocenters. The van der Waals surface area contributed by atoms with Crippen LogP contribution in [0.2, 0.25) is 0 Å². The van der Waals surface area contributed by atoms with E-state index in [4.69, 9.17) is 9.47 Å². The van der Waals surface area contributed by atoms with Gasteiger partial charge in [-0.05, 0) is 54.3 Å². The molecule has 4 heteroatoms. The lowest BCUT2D eigenvalue weighted by Gasteiger charge is -2.14. The van der Waals surface area contributed by atoms with E-state index in [1.54, 1.807) is 60.7 Å². The molecule has 0 aliphatic rings. The number of aryl methyl sites for hydroxylation is 2. The average Bonchev–Trinajstić information content (AvgIpc) is 2.84. The van der Waals surface area contributed by atoms with Gasteiger partial charge in [-0.15, -0.1) is 0 Å². The van der Waals surface area contributed by atoms with Crippen molar-refractivity contribution in [3.8, 4) is 11.5 Å². The Labute approximate surface area is 187 Å². The van der Waals surface area contributed by atoms with E-state index in [1.165, 1.54) is 0 Å². The molecule has 4 rings (SSSR count). The van der Waals surface area contributed by atoms with Gasteiger partial charge in [0, 0.05) is 0 Å². The molecule has 0 saturated carbocycles. The summed E-state index contributed by atoms with van der Waals surface area (Å²) in [7, 11) is 0. The third kappa shape index (κ3) is 5.29. The van der Waals surface area contributed by atoms with E-state index < -0.39 is 11.9 Å². The van der Waals surface area contributed by atoms with E-state index in [2.05, 4.69) is 0 Å². The molecule has 4 nitrogen and oxygen atoms in total. The minimum absolute atomic E-state index is 0.181. The fourth-order valence-electron chi connectivity index (χ4n) is 3.44. The maximum absolute atomic E-state index is 13.2. The second kappa shape index (κ2) is 10.2. The molecule has 0 radical (unpaired) electrons. The molecule has 0 aromatic heterocycles. The Morgan fingerprint density at radius 1 is 0.531 bits per heavy atom. The molecule has 0 heterocycles. The van der Waals surface area contributed by atoms with Gasteiger partial charge in [-0.3, -0.25) is 0 Å². The van der Waals surface area contributed by atoms with Crippen LogP contribution < -0.4 is 9.47 Å². The van der Waals surface area contributed by atoms with Crippen molar-refractivity contribution in [1.82, 2.24) is 0 Å². The molecule has 0 aliphatic carbocycles. The molecule has 32 heavy (non-hydrogen) atoms. The van der Waals surface area contributed by atoms with Crippen LogP contribution in [0, 0.1) is 0 Å². The zero-order valence-electron chi connectivity index (χ0n) is 17.4. The Hall–Kier alpha value is -4.18. The molecule has 0 unspecified atom stereocenters. The fourth-order valence-corrected chi connectivity index (χ4v) is 3.44. The number of hydrogen-bond acceptors (Lipinski definition) is 4. The highest BCUT2D eigenvalue weighted by atomic mass is 16.5. The predicted octanol–water partition coefficient (Wildman–Crippen LogP) is 5.91. The van der Waals surface area contributed by atoms with Crippen LogP contribution in [0.15, 0.2) is 109 Å². The molecule has 158 valence electrons. The quantitative estimate of drug-likeness (QED) is 0.274. The van der Waals surface area contributed by atoms with Gasteiger partial charge in [0.15, 0.2) is 0 Å². The van der Waals surface area contributed by atoms with E-state index >= 15 is 0 Å². The van der Waals surface area contributed by atoms with Crippen molar-refractivity contribution in [2.45, 2.75) is 12.8 Å². The highest BCUT2D eigenvalue weighted by Gasteiger charge is 2.24. The molecular formula is C28H22O4. The van der Waals surface area contributed by atoms with Crippen molar-refractivity contribution in [1.29, 1.82) is 0 Å². The summed E-state index contributed by atoms with van der Waals surface area (Å²) in [5, 5.41) is 0. The van der Waals surface area contributed by atoms with Gasteiger partial charge in [0.2, 0.25) is 0 Å². The zero-order valence-corrected chi connectivity index (χ0v) is 17.4. The van der Waals surface area contributed by atoms with Gasteiger partial charge in [0.05, 0.1) is 11.1 Å². The van der Waals surface area contributed by atoms with Crippen LogP contribution >= 0.6 is 0 Å². The van der Waals surface area contributed by atoms with Crippen molar-refractivity contribution in [3.05, 3.63) is 131 Å². The van der Waals surface area contributed by atoms with Gasteiger partial charge in [-0.2, -0.15) is 0 Å². The molecular weight excluding hydrogens is 400 g/mol. The first kappa shape index (κ1) is 21.1. The molecule has 0 spiro atoms. The first-order chi connectivity index (χ1) is 15.7. The highest BCUT2D eigenvalue weighted by molar-refractivity contribution is 6.05. The van der Waals surface area contributed by atoms with Gasteiger partial charge >= 0.3 is 11.9 Å². The lowest BCUT2D eigenvalue weighted by Crippen LogP contribution is -2.20. The van der Waals surface area contributed by atoms with E-state index in [-0.39, 0.29) is 11.1 Å². The number of benzene rings is 4. The van der Waals surface area contributed by atoms with Crippen LogP contribution in [0.4, 0.5) is 0 Å². The molecule has 0 N–H and O–H groups in total. The van der Waals surface area contributed by atoms with Gasteiger partial charge in [0.25, 0.3) is 0 Å². The zero-order chi connectivity index (χ0) is 22.2. The van der Waals surface area contributed by atoms with Crippen molar-refractivity contribution < 1.29 is 19.1 Å². The highest BCUT2D eigenvalue weighted by Crippen LogP contribution is 2.22. The number of carbonyl (C=O) groups excluding carboxylic acids is 2. The van der Waals surface area contributed by atoms with Gasteiger partial charge in [-0.25, -0.2) is 9.59 Å². The molecule has 0 aliphatic heterocycles. The lowest BCUT2D eigenvalue weighted by atomic mass is 9.95. The summed E-state index contributed by atoms with van der Waals surface area (Å²) in [5.74, 6) is -0.357. The number of ether oxygens (including phenoxy) is 2. The molecule has 0 fully saturated rings. The Kier molecular flexibility index (Phi) is 6.73. The first-order valence-electron chi connectivity index (χ1n) is 10.4. The Morgan fingerprint density at radius 3 is 1.66 bits per heavy atom. The van der Waals surface area contributed by atoms with Gasteiger partial charge in [0.1, 0.15) is 11.5 Å².